The number of cyclic esters (lactones) is 1. The van der Waals surface area contributed by atoms with Crippen molar-refractivity contribution >= 4 is 41.1 Å². The third-order valence-electron chi connectivity index (χ3n) is 13.2. The number of phenolic OH excluding ortho intramolecular Hbond substituents is 1. The maximum atomic E-state index is 14.0. The average molecular weight is 1060 g/mol. The number of carbonyl (C=O) groups is 3. The van der Waals surface area contributed by atoms with Crippen molar-refractivity contribution < 1.29 is 82.9 Å². The zero-order valence-electron chi connectivity index (χ0n) is 43.6. The summed E-state index contributed by atoms with van der Waals surface area (Å²) in [6.45, 7) is 19.9. The number of rotatable bonds is 13. The van der Waals surface area contributed by atoms with Crippen LogP contribution < -0.4 is 0 Å². The lowest BCUT2D eigenvalue weighted by molar-refractivity contribution is -0.333. The molecule has 14 atom stereocenters. The number of halogens is 2. The van der Waals surface area contributed by atoms with Crippen LogP contribution in [0.5, 0.6) is 5.75 Å². The molecule has 0 aromatic heterocycles. The first-order valence-electron chi connectivity index (χ1n) is 24.4. The Bertz CT molecular complexity index is 2210. The minimum absolute atomic E-state index is 0.0167. The van der Waals surface area contributed by atoms with Crippen LogP contribution in [0.2, 0.25) is 10.0 Å². The fourth-order valence-corrected chi connectivity index (χ4v) is 9.31. The highest BCUT2D eigenvalue weighted by Crippen LogP contribution is 2.41. The molecule has 3 aliphatic heterocycles. The number of carbonyl (C=O) groups excluding carboxylic acids is 3. The second-order valence-electron chi connectivity index (χ2n) is 19.6. The van der Waals surface area contributed by atoms with E-state index < -0.39 is 122 Å². The highest BCUT2D eigenvalue weighted by atomic mass is 35.5. The van der Waals surface area contributed by atoms with Gasteiger partial charge in [-0.2, -0.15) is 0 Å². The van der Waals surface area contributed by atoms with E-state index in [2.05, 4.69) is 0 Å². The molecule has 2 fully saturated rings. The first kappa shape index (κ1) is 60.9. The molecule has 1 aromatic rings. The Morgan fingerprint density at radius 2 is 1.58 bits per heavy atom. The summed E-state index contributed by atoms with van der Waals surface area (Å²) >= 11 is 12.8. The van der Waals surface area contributed by atoms with Gasteiger partial charge in [-0.05, 0) is 103 Å². The van der Waals surface area contributed by atoms with Gasteiger partial charge < -0.3 is 68.5 Å². The lowest BCUT2D eigenvalue weighted by atomic mass is 9.88. The van der Waals surface area contributed by atoms with Gasteiger partial charge in [-0.15, -0.1) is 0 Å². The largest absolute Gasteiger partial charge is 0.505 e. The predicted molar refractivity (Wildman–Crippen MR) is 268 cm³/mol. The van der Waals surface area contributed by atoms with Crippen molar-refractivity contribution in [3.05, 3.63) is 85.5 Å². The molecule has 2 saturated heterocycles. The molecule has 3 aliphatic rings. The summed E-state index contributed by atoms with van der Waals surface area (Å²) in [5.74, 6) is -3.78. The summed E-state index contributed by atoms with van der Waals surface area (Å²) in [7, 11) is 1.29. The van der Waals surface area contributed by atoms with Crippen molar-refractivity contribution in [3.8, 4) is 5.75 Å². The zero-order valence-corrected chi connectivity index (χ0v) is 45.1. The van der Waals surface area contributed by atoms with Gasteiger partial charge in [0.1, 0.15) is 47.4 Å². The summed E-state index contributed by atoms with van der Waals surface area (Å²) in [6.07, 6.45) is -4.88. The third kappa shape index (κ3) is 14.8. The highest BCUT2D eigenvalue weighted by molar-refractivity contribution is 6.38. The average Bonchev–Trinajstić information content (AvgIpc) is 3.32. The van der Waals surface area contributed by atoms with Gasteiger partial charge in [0.15, 0.2) is 24.8 Å². The van der Waals surface area contributed by atoms with Crippen LogP contribution in [0, 0.1) is 18.8 Å². The number of hydrogen-bond donors (Lipinski definition) is 6. The number of benzene rings is 1. The van der Waals surface area contributed by atoms with E-state index in [1.807, 2.05) is 32.9 Å². The third-order valence-corrected chi connectivity index (χ3v) is 14.2. The van der Waals surface area contributed by atoms with E-state index >= 15 is 0 Å². The number of aromatic hydroxyl groups is 1. The molecular formula is C53H76Cl2O17. The van der Waals surface area contributed by atoms with Crippen molar-refractivity contribution in [2.24, 2.45) is 11.8 Å². The summed E-state index contributed by atoms with van der Waals surface area (Å²) in [6, 6.07) is 0. The van der Waals surface area contributed by atoms with E-state index in [9.17, 15) is 45.0 Å². The minimum atomic E-state index is -1.60. The van der Waals surface area contributed by atoms with E-state index in [1.165, 1.54) is 27.0 Å². The van der Waals surface area contributed by atoms with Crippen molar-refractivity contribution in [2.75, 3.05) is 13.7 Å². The smallest absolute Gasteiger partial charge is 0.342 e. The van der Waals surface area contributed by atoms with Gasteiger partial charge in [-0.1, -0.05) is 86.9 Å². The number of phenols is 1. The molecule has 72 heavy (non-hydrogen) atoms. The van der Waals surface area contributed by atoms with E-state index in [0.29, 0.717) is 34.3 Å². The molecule has 0 amide bonds. The molecule has 3 heterocycles. The molecule has 404 valence electrons. The lowest BCUT2D eigenvalue weighted by Crippen LogP contribution is -2.64. The summed E-state index contributed by atoms with van der Waals surface area (Å²) in [5, 5.41) is 67.3. The molecule has 1 unspecified atom stereocenters. The van der Waals surface area contributed by atoms with Crippen molar-refractivity contribution in [2.45, 2.75) is 194 Å². The van der Waals surface area contributed by atoms with Crippen molar-refractivity contribution in [1.82, 2.24) is 0 Å². The molecule has 0 aliphatic carbocycles. The lowest BCUT2D eigenvalue weighted by Gasteiger charge is -2.47. The Kier molecular flexibility index (Phi) is 22.6. The van der Waals surface area contributed by atoms with Gasteiger partial charge in [0.25, 0.3) is 0 Å². The first-order chi connectivity index (χ1) is 33.7. The van der Waals surface area contributed by atoms with Gasteiger partial charge in [0.05, 0.1) is 47.5 Å². The van der Waals surface area contributed by atoms with Crippen LogP contribution in [0.15, 0.2) is 58.7 Å². The van der Waals surface area contributed by atoms with Crippen LogP contribution in [0.25, 0.3) is 0 Å². The summed E-state index contributed by atoms with van der Waals surface area (Å²) in [5.41, 5.74) is 1.17. The van der Waals surface area contributed by atoms with Crippen LogP contribution in [0.3, 0.4) is 0 Å². The van der Waals surface area contributed by atoms with Gasteiger partial charge >= 0.3 is 17.9 Å². The van der Waals surface area contributed by atoms with Crippen molar-refractivity contribution in [3.63, 3.8) is 0 Å². The number of esters is 3. The number of methoxy groups -OCH3 is 1. The normalized spacial score (nSPS) is 34.8. The first-order valence-corrected chi connectivity index (χ1v) is 25.2. The van der Waals surface area contributed by atoms with Gasteiger partial charge in [0, 0.05) is 24.5 Å². The quantitative estimate of drug-likeness (QED) is 0.0673. The fraction of sp³-hybridized carbons (Fsp3) is 0.642. The Morgan fingerprint density at radius 3 is 2.18 bits per heavy atom. The summed E-state index contributed by atoms with van der Waals surface area (Å²) in [4.78, 5) is 40.1. The molecule has 6 N–H and O–H groups in total. The molecule has 1 aromatic carbocycles. The number of aliphatic hydroxyl groups is 5. The van der Waals surface area contributed by atoms with Gasteiger partial charge in [-0.25, -0.2) is 9.59 Å². The van der Waals surface area contributed by atoms with E-state index in [0.717, 1.165) is 0 Å². The molecular weight excluding hydrogens is 979 g/mol. The second kappa shape index (κ2) is 26.7. The predicted octanol–water partition coefficient (Wildman–Crippen LogP) is 6.84. The van der Waals surface area contributed by atoms with Crippen LogP contribution in [-0.2, 0) is 53.9 Å². The molecule has 17 nitrogen and oxygen atoms in total. The fourth-order valence-electron chi connectivity index (χ4n) is 8.75. The van der Waals surface area contributed by atoms with E-state index in [1.54, 1.807) is 66.7 Å². The number of aliphatic hydroxyl groups excluding tert-OH is 5. The Morgan fingerprint density at radius 1 is 0.917 bits per heavy atom. The van der Waals surface area contributed by atoms with Crippen LogP contribution >= 0.6 is 23.2 Å². The van der Waals surface area contributed by atoms with E-state index in [4.69, 9.17) is 61.1 Å². The Balaban J connectivity index is 1.61. The topological polar surface area (TPSA) is 246 Å². The maximum absolute atomic E-state index is 14.0. The molecule has 0 bridgehead atoms. The zero-order chi connectivity index (χ0) is 54.1. The SMILES string of the molecule is CCc1c(Cl)c(C)c(Cl)c(O)c1C(=O)O[C@H]1[C@H](O)[C@H](OC)[C@H](OC/C2=C\C=C\C[C@H](O)/C(C)=C/[C@H](CC)[C@@H](OC3OC(C)(C)[C@@H](OC(=O)C(C)C)[C@H](O)[C@@H]3O)/C(C)=C/C(C)=C/C[C@@H]([C@@H](C)O)OC2=O)O[C@@H]1C. The Labute approximate surface area is 433 Å². The molecule has 0 saturated carbocycles. The molecule has 0 spiro atoms. The highest BCUT2D eigenvalue weighted by Gasteiger charge is 2.53. The standard InChI is InChI=1S/C53H76Cl2O17/c1-14-32-23-27(6)35(57)19-17-16-18-33(24-66-52-46(65-13)43(61)45(31(10)67-52)69-50(64)37-34(15-2)38(54)29(8)39(55)40(37)58)49(63)68-36(30(9)56)21-20-26(5)22-28(7)44(32)70-51-42(60)41(59)47(53(11,12)72-51)71-48(62)25(3)4/h16-18,20,22-23,25,30-32,35-36,41-47,51-52,56-61H,14-15,19,21,24H2,1-13H3/b17-16+,26-20+,27-23+,28-22+,33-18+/t30-,31-,32+,35+,36+,41-,42+,43+,44+,45-,46+,47+,51?,52-/m1/s1. The number of hydrogen-bond acceptors (Lipinski definition) is 17. The van der Waals surface area contributed by atoms with Crippen LogP contribution in [-0.4, -0.2) is 148 Å². The van der Waals surface area contributed by atoms with Gasteiger partial charge in [0.2, 0.25) is 0 Å². The second-order valence-corrected chi connectivity index (χ2v) is 20.4. The van der Waals surface area contributed by atoms with Crippen molar-refractivity contribution in [1.29, 1.82) is 0 Å². The molecule has 19 heteroatoms. The minimum Gasteiger partial charge on any atom is -0.505 e. The number of allylic oxidation sites excluding steroid dienone is 4. The van der Waals surface area contributed by atoms with Crippen LogP contribution in [0.4, 0.5) is 0 Å². The molecule has 0 radical (unpaired) electrons. The Hall–Kier alpha value is -3.69. The number of ether oxygens (including phenoxy) is 8. The van der Waals surface area contributed by atoms with Gasteiger partial charge in [-0.3, -0.25) is 4.79 Å². The monoisotopic (exact) mass is 1050 g/mol. The maximum Gasteiger partial charge on any atom is 0.342 e. The summed E-state index contributed by atoms with van der Waals surface area (Å²) < 4.78 is 47.7. The molecule has 4 rings (SSSR count). The van der Waals surface area contributed by atoms with E-state index in [-0.39, 0.29) is 46.4 Å². The van der Waals surface area contributed by atoms with Crippen LogP contribution in [0.1, 0.15) is 117 Å².